The zero-order valence-corrected chi connectivity index (χ0v) is 11.8. The van der Waals surface area contributed by atoms with Crippen LogP contribution in [-0.2, 0) is 6.42 Å². The Bertz CT molecular complexity index is 553. The molecule has 0 saturated carbocycles. The van der Waals surface area contributed by atoms with Crippen molar-refractivity contribution in [3.05, 3.63) is 58.3 Å². The third-order valence-corrected chi connectivity index (χ3v) is 3.43. The summed E-state index contributed by atoms with van der Waals surface area (Å²) in [5, 5.41) is 3.52. The van der Waals surface area contributed by atoms with Gasteiger partial charge in [0, 0.05) is 0 Å². The predicted molar refractivity (Wildman–Crippen MR) is 75.0 cm³/mol. The Labute approximate surface area is 117 Å². The predicted octanol–water partition coefficient (Wildman–Crippen LogP) is 4.27. The van der Waals surface area contributed by atoms with Gasteiger partial charge in [0.25, 0.3) is 0 Å². The average molecular weight is 282 g/mol. The lowest BCUT2D eigenvalue weighted by Gasteiger charge is -2.16. The van der Waals surface area contributed by atoms with Crippen LogP contribution in [0.25, 0.3) is 0 Å². The van der Waals surface area contributed by atoms with E-state index in [0.717, 1.165) is 23.6 Å². The Morgan fingerprint density at radius 2 is 2.11 bits per heavy atom. The summed E-state index contributed by atoms with van der Waals surface area (Å²) in [7, 11) is 0. The van der Waals surface area contributed by atoms with Crippen LogP contribution >= 0.6 is 11.6 Å². The normalized spacial score (nSPS) is 12.6. The molecule has 0 radical (unpaired) electrons. The van der Waals surface area contributed by atoms with Crippen molar-refractivity contribution in [1.29, 1.82) is 0 Å². The minimum absolute atomic E-state index is 0.00185. The Kier molecular flexibility index (Phi) is 4.61. The molecule has 2 aromatic rings. The number of halogens is 2. The third-order valence-electron chi connectivity index (χ3n) is 3.01. The van der Waals surface area contributed by atoms with Gasteiger partial charge in [0.1, 0.15) is 17.3 Å². The molecular formula is C15H17ClFNO. The number of furan rings is 1. The van der Waals surface area contributed by atoms with Crippen molar-refractivity contribution in [3.63, 3.8) is 0 Å². The third kappa shape index (κ3) is 3.37. The molecule has 1 aromatic carbocycles. The summed E-state index contributed by atoms with van der Waals surface area (Å²) >= 11 is 6.00. The van der Waals surface area contributed by atoms with E-state index in [1.165, 1.54) is 6.07 Å². The van der Waals surface area contributed by atoms with Gasteiger partial charge in [-0.3, -0.25) is 0 Å². The van der Waals surface area contributed by atoms with E-state index in [0.29, 0.717) is 6.42 Å². The molecule has 1 aromatic heterocycles. The summed E-state index contributed by atoms with van der Waals surface area (Å²) in [4.78, 5) is 0. The molecule has 0 aliphatic rings. The van der Waals surface area contributed by atoms with Crippen molar-refractivity contribution in [2.45, 2.75) is 26.3 Å². The van der Waals surface area contributed by atoms with Crippen LogP contribution < -0.4 is 5.32 Å². The molecular weight excluding hydrogens is 265 g/mol. The van der Waals surface area contributed by atoms with Crippen LogP contribution in [0.2, 0.25) is 5.02 Å². The zero-order valence-electron chi connectivity index (χ0n) is 11.0. The van der Waals surface area contributed by atoms with E-state index in [4.69, 9.17) is 16.0 Å². The fourth-order valence-electron chi connectivity index (χ4n) is 2.09. The number of hydrogen-bond acceptors (Lipinski definition) is 2. The molecule has 0 amide bonds. The first-order valence-electron chi connectivity index (χ1n) is 6.34. The highest BCUT2D eigenvalue weighted by Crippen LogP contribution is 2.26. The second-order valence-electron chi connectivity index (χ2n) is 4.48. The summed E-state index contributed by atoms with van der Waals surface area (Å²) in [6.45, 7) is 4.73. The van der Waals surface area contributed by atoms with Crippen molar-refractivity contribution in [1.82, 2.24) is 5.32 Å². The van der Waals surface area contributed by atoms with Crippen LogP contribution in [0.5, 0.6) is 0 Å². The molecule has 2 rings (SSSR count). The molecule has 0 spiro atoms. The number of nitrogens with one attached hydrogen (secondary N) is 1. The molecule has 0 aliphatic carbocycles. The van der Waals surface area contributed by atoms with Crippen LogP contribution in [0.1, 0.15) is 30.0 Å². The van der Waals surface area contributed by atoms with Gasteiger partial charge in [0.2, 0.25) is 0 Å². The van der Waals surface area contributed by atoms with E-state index in [-0.39, 0.29) is 16.9 Å². The topological polar surface area (TPSA) is 25.2 Å². The average Bonchev–Trinajstić information content (AvgIpc) is 2.81. The summed E-state index contributed by atoms with van der Waals surface area (Å²) in [5.41, 5.74) is 0.779. The first kappa shape index (κ1) is 14.1. The van der Waals surface area contributed by atoms with Gasteiger partial charge >= 0.3 is 0 Å². The standard InChI is InChI=1S/C15H17ClFNO/c1-3-18-13(14-8-7-10(2)19-14)9-11-5-4-6-12(17)15(11)16/h4-8,13,18H,3,9H2,1-2H3. The monoisotopic (exact) mass is 281 g/mol. The molecule has 2 nitrogen and oxygen atoms in total. The molecule has 0 saturated heterocycles. The number of aryl methyl sites for hydroxylation is 1. The molecule has 0 bridgehead atoms. The van der Waals surface area contributed by atoms with Crippen molar-refractivity contribution < 1.29 is 8.81 Å². The van der Waals surface area contributed by atoms with E-state index in [9.17, 15) is 4.39 Å². The van der Waals surface area contributed by atoms with Crippen LogP contribution in [-0.4, -0.2) is 6.54 Å². The molecule has 19 heavy (non-hydrogen) atoms. The van der Waals surface area contributed by atoms with Crippen LogP contribution in [0.15, 0.2) is 34.7 Å². The second kappa shape index (κ2) is 6.22. The van der Waals surface area contributed by atoms with Crippen molar-refractivity contribution in [2.24, 2.45) is 0 Å². The van der Waals surface area contributed by atoms with Crippen LogP contribution in [0, 0.1) is 12.7 Å². The minimum atomic E-state index is -0.384. The lowest BCUT2D eigenvalue weighted by molar-refractivity contribution is 0.403. The highest BCUT2D eigenvalue weighted by atomic mass is 35.5. The Hall–Kier alpha value is -1.32. The number of benzene rings is 1. The van der Waals surface area contributed by atoms with Gasteiger partial charge in [0.15, 0.2) is 0 Å². The Morgan fingerprint density at radius 3 is 2.74 bits per heavy atom. The SMILES string of the molecule is CCNC(Cc1cccc(F)c1Cl)c1ccc(C)o1. The summed E-state index contributed by atoms with van der Waals surface area (Å²) in [6.07, 6.45) is 0.595. The molecule has 1 heterocycles. The van der Waals surface area contributed by atoms with Crippen LogP contribution in [0.4, 0.5) is 4.39 Å². The quantitative estimate of drug-likeness (QED) is 0.885. The molecule has 0 aliphatic heterocycles. The molecule has 1 unspecified atom stereocenters. The zero-order chi connectivity index (χ0) is 13.8. The van der Waals surface area contributed by atoms with E-state index >= 15 is 0 Å². The highest BCUT2D eigenvalue weighted by Gasteiger charge is 2.17. The van der Waals surface area contributed by atoms with E-state index in [1.54, 1.807) is 6.07 Å². The van der Waals surface area contributed by atoms with Gasteiger partial charge in [0.05, 0.1) is 11.1 Å². The summed E-state index contributed by atoms with van der Waals surface area (Å²) < 4.78 is 19.1. The minimum Gasteiger partial charge on any atom is -0.465 e. The van der Waals surface area contributed by atoms with Crippen molar-refractivity contribution in [2.75, 3.05) is 6.54 Å². The summed E-state index contributed by atoms with van der Waals surface area (Å²) in [5.74, 6) is 1.33. The Balaban J connectivity index is 2.23. The van der Waals surface area contributed by atoms with Gasteiger partial charge in [-0.05, 0) is 43.7 Å². The number of hydrogen-bond donors (Lipinski definition) is 1. The van der Waals surface area contributed by atoms with E-state index in [1.807, 2.05) is 32.0 Å². The second-order valence-corrected chi connectivity index (χ2v) is 4.85. The molecule has 1 N–H and O–H groups in total. The highest BCUT2D eigenvalue weighted by molar-refractivity contribution is 6.31. The Morgan fingerprint density at radius 1 is 1.32 bits per heavy atom. The fourth-order valence-corrected chi connectivity index (χ4v) is 2.29. The molecule has 102 valence electrons. The fraction of sp³-hybridized carbons (Fsp3) is 0.333. The maximum Gasteiger partial charge on any atom is 0.142 e. The maximum atomic E-state index is 13.4. The summed E-state index contributed by atoms with van der Waals surface area (Å²) in [6, 6.07) is 8.74. The smallest absolute Gasteiger partial charge is 0.142 e. The first-order valence-corrected chi connectivity index (χ1v) is 6.72. The van der Waals surface area contributed by atoms with Crippen molar-refractivity contribution >= 4 is 11.6 Å². The van der Waals surface area contributed by atoms with Gasteiger partial charge in [-0.15, -0.1) is 0 Å². The molecule has 0 fully saturated rings. The van der Waals surface area contributed by atoms with Gasteiger partial charge in [-0.1, -0.05) is 30.7 Å². The largest absolute Gasteiger partial charge is 0.465 e. The number of rotatable bonds is 5. The van der Waals surface area contributed by atoms with E-state index in [2.05, 4.69) is 5.32 Å². The number of likely N-dealkylation sites (N-methyl/N-ethyl adjacent to an activating group) is 1. The lowest BCUT2D eigenvalue weighted by Crippen LogP contribution is -2.22. The van der Waals surface area contributed by atoms with Gasteiger partial charge in [-0.2, -0.15) is 0 Å². The molecule has 1 atom stereocenters. The van der Waals surface area contributed by atoms with Crippen LogP contribution in [0.3, 0.4) is 0 Å². The van der Waals surface area contributed by atoms with E-state index < -0.39 is 0 Å². The maximum absolute atomic E-state index is 13.4. The lowest BCUT2D eigenvalue weighted by atomic mass is 10.0. The van der Waals surface area contributed by atoms with Gasteiger partial charge in [-0.25, -0.2) is 4.39 Å². The van der Waals surface area contributed by atoms with Crippen molar-refractivity contribution in [3.8, 4) is 0 Å². The first-order chi connectivity index (χ1) is 9.11. The molecule has 4 heteroatoms. The van der Waals surface area contributed by atoms with Gasteiger partial charge < -0.3 is 9.73 Å².